The molecule has 1 amide bonds. The second-order valence-corrected chi connectivity index (χ2v) is 7.47. The molecule has 2 N–H and O–H groups in total. The Morgan fingerprint density at radius 2 is 2.15 bits per heavy atom. The largest absolute Gasteiger partial charge is 0.496 e. The second-order valence-electron chi connectivity index (χ2n) is 7.47. The summed E-state index contributed by atoms with van der Waals surface area (Å²) >= 11 is 0. The van der Waals surface area contributed by atoms with Crippen LogP contribution in [0.4, 0.5) is 0 Å². The Kier molecular flexibility index (Phi) is 4.44. The fourth-order valence-electron chi connectivity index (χ4n) is 4.53. The van der Waals surface area contributed by atoms with E-state index in [2.05, 4.69) is 10.2 Å². The van der Waals surface area contributed by atoms with Crippen molar-refractivity contribution >= 4 is 5.91 Å². The normalized spacial score (nSPS) is 25.6. The van der Waals surface area contributed by atoms with Crippen LogP contribution in [0.5, 0.6) is 5.75 Å². The average molecular weight is 355 g/mol. The number of nitrogens with one attached hydrogen (secondary N) is 1. The van der Waals surface area contributed by atoms with Gasteiger partial charge in [0.05, 0.1) is 18.9 Å². The molecule has 6 heteroatoms. The maximum Gasteiger partial charge on any atom is 0.271 e. The van der Waals surface area contributed by atoms with Gasteiger partial charge in [-0.25, -0.2) is 0 Å². The Morgan fingerprint density at radius 1 is 1.35 bits per heavy atom. The van der Waals surface area contributed by atoms with Gasteiger partial charge in [-0.05, 0) is 43.9 Å². The number of H-pyrrole nitrogens is 1. The van der Waals surface area contributed by atoms with Crippen LogP contribution in [-0.2, 0) is 0 Å². The standard InChI is InChI=1S/C20H25N3O3/c1-26-17-7-3-2-6-14(17)15-12-16(22-21-15)19(25)23-11-5-10-20(13-23)9-4-8-18(20)24/h2-3,6-7,12,18,24H,4-5,8-11,13H2,1H3,(H,21,22)/t18-,20-/m1/s1. The lowest BCUT2D eigenvalue weighted by Crippen LogP contribution is -2.49. The maximum atomic E-state index is 13.0. The molecule has 0 bridgehead atoms. The molecule has 2 fully saturated rings. The third-order valence-electron chi connectivity index (χ3n) is 5.95. The van der Waals surface area contributed by atoms with Gasteiger partial charge in [0.15, 0.2) is 0 Å². The van der Waals surface area contributed by atoms with Crippen LogP contribution >= 0.6 is 0 Å². The second kappa shape index (κ2) is 6.76. The molecule has 2 aromatic rings. The van der Waals surface area contributed by atoms with Gasteiger partial charge in [0.25, 0.3) is 5.91 Å². The maximum absolute atomic E-state index is 13.0. The molecule has 26 heavy (non-hydrogen) atoms. The summed E-state index contributed by atoms with van der Waals surface area (Å²) in [7, 11) is 1.62. The van der Waals surface area contributed by atoms with Gasteiger partial charge >= 0.3 is 0 Å². The van der Waals surface area contributed by atoms with Crippen LogP contribution in [0.15, 0.2) is 30.3 Å². The highest BCUT2D eigenvalue weighted by atomic mass is 16.5. The number of nitrogens with zero attached hydrogens (tertiary/aromatic N) is 2. The molecule has 1 saturated heterocycles. The first-order valence-corrected chi connectivity index (χ1v) is 9.29. The van der Waals surface area contributed by atoms with E-state index in [1.165, 1.54) is 0 Å². The van der Waals surface area contributed by atoms with Crippen molar-refractivity contribution in [3.63, 3.8) is 0 Å². The molecule has 1 spiro atoms. The van der Waals surface area contributed by atoms with Crippen LogP contribution in [0.3, 0.4) is 0 Å². The van der Waals surface area contributed by atoms with Gasteiger partial charge in [0.1, 0.15) is 11.4 Å². The molecule has 0 unspecified atom stereocenters. The number of aromatic amines is 1. The van der Waals surface area contributed by atoms with Crippen LogP contribution in [0, 0.1) is 5.41 Å². The van der Waals surface area contributed by atoms with Crippen molar-refractivity contribution in [3.05, 3.63) is 36.0 Å². The number of aliphatic hydroxyl groups is 1. The van der Waals surface area contributed by atoms with Crippen LogP contribution < -0.4 is 4.74 Å². The Morgan fingerprint density at radius 3 is 2.92 bits per heavy atom. The zero-order valence-corrected chi connectivity index (χ0v) is 15.1. The minimum atomic E-state index is -0.288. The number of amides is 1. The number of likely N-dealkylation sites (tertiary alicyclic amines) is 1. The quantitative estimate of drug-likeness (QED) is 0.887. The number of aliphatic hydroxyl groups excluding tert-OH is 1. The highest BCUT2D eigenvalue weighted by Crippen LogP contribution is 2.45. The number of aromatic nitrogens is 2. The SMILES string of the molecule is COc1ccccc1-c1cc(C(=O)N2CCC[C@]3(CCC[C@H]3O)C2)[nH]n1. The lowest BCUT2D eigenvalue weighted by atomic mass is 9.76. The summed E-state index contributed by atoms with van der Waals surface area (Å²) in [6.45, 7) is 1.37. The van der Waals surface area contributed by atoms with E-state index in [1.807, 2.05) is 29.2 Å². The third kappa shape index (κ3) is 2.88. The van der Waals surface area contributed by atoms with Crippen LogP contribution in [0.25, 0.3) is 11.3 Å². The number of para-hydroxylation sites is 1. The predicted octanol–water partition coefficient (Wildman–Crippen LogP) is 2.85. The van der Waals surface area contributed by atoms with Crippen LogP contribution in [0.2, 0.25) is 0 Å². The summed E-state index contributed by atoms with van der Waals surface area (Å²) in [5, 5.41) is 17.6. The molecule has 2 heterocycles. The number of methoxy groups -OCH3 is 1. The van der Waals surface area contributed by atoms with Crippen molar-refractivity contribution in [1.82, 2.24) is 15.1 Å². The van der Waals surface area contributed by atoms with Crippen molar-refractivity contribution in [2.24, 2.45) is 5.41 Å². The zero-order valence-electron chi connectivity index (χ0n) is 15.1. The number of carbonyl (C=O) groups is 1. The van der Waals surface area contributed by atoms with E-state index in [4.69, 9.17) is 4.74 Å². The zero-order chi connectivity index (χ0) is 18.1. The summed E-state index contributed by atoms with van der Waals surface area (Å²) in [5.41, 5.74) is 1.92. The lowest BCUT2D eigenvalue weighted by Gasteiger charge is -2.42. The van der Waals surface area contributed by atoms with E-state index in [0.29, 0.717) is 17.9 Å². The van der Waals surface area contributed by atoms with Crippen LogP contribution in [-0.4, -0.2) is 52.4 Å². The topological polar surface area (TPSA) is 78.5 Å². The molecule has 2 aliphatic rings. The summed E-state index contributed by atoms with van der Waals surface area (Å²) in [6, 6.07) is 9.41. The summed E-state index contributed by atoms with van der Waals surface area (Å²) in [5.74, 6) is 0.681. The van der Waals surface area contributed by atoms with Gasteiger partial charge in [-0.2, -0.15) is 5.10 Å². The number of hydrogen-bond donors (Lipinski definition) is 2. The van der Waals surface area contributed by atoms with E-state index in [9.17, 15) is 9.90 Å². The Hall–Kier alpha value is -2.34. The number of hydrogen-bond acceptors (Lipinski definition) is 4. The molecule has 1 aliphatic heterocycles. The number of carbonyl (C=O) groups excluding carboxylic acids is 1. The molecule has 1 aromatic carbocycles. The molecular formula is C20H25N3O3. The average Bonchev–Trinajstić information content (AvgIpc) is 3.29. The molecule has 1 saturated carbocycles. The predicted molar refractivity (Wildman–Crippen MR) is 98.0 cm³/mol. The Balaban J connectivity index is 1.55. The van der Waals surface area contributed by atoms with E-state index < -0.39 is 0 Å². The van der Waals surface area contributed by atoms with Crippen molar-refractivity contribution < 1.29 is 14.6 Å². The minimum absolute atomic E-state index is 0.0446. The van der Waals surface area contributed by atoms with Gasteiger partial charge in [-0.15, -0.1) is 0 Å². The first kappa shape index (κ1) is 17.1. The number of benzene rings is 1. The van der Waals surface area contributed by atoms with Crippen LogP contribution in [0.1, 0.15) is 42.6 Å². The van der Waals surface area contributed by atoms with E-state index in [-0.39, 0.29) is 17.4 Å². The number of ether oxygens (including phenoxy) is 1. The van der Waals surface area contributed by atoms with Gasteiger partial charge in [0, 0.05) is 24.1 Å². The van der Waals surface area contributed by atoms with Crippen molar-refractivity contribution in [2.75, 3.05) is 20.2 Å². The van der Waals surface area contributed by atoms with E-state index >= 15 is 0 Å². The fraction of sp³-hybridized carbons (Fsp3) is 0.500. The lowest BCUT2D eigenvalue weighted by molar-refractivity contribution is -0.00555. The first-order chi connectivity index (χ1) is 12.6. The highest BCUT2D eigenvalue weighted by molar-refractivity contribution is 5.93. The summed E-state index contributed by atoms with van der Waals surface area (Å²) < 4.78 is 5.38. The van der Waals surface area contributed by atoms with Crippen molar-refractivity contribution in [3.8, 4) is 17.0 Å². The Labute approximate surface area is 153 Å². The number of rotatable bonds is 3. The first-order valence-electron chi connectivity index (χ1n) is 9.29. The van der Waals surface area contributed by atoms with Gasteiger partial charge < -0.3 is 14.7 Å². The highest BCUT2D eigenvalue weighted by Gasteiger charge is 2.45. The molecule has 6 nitrogen and oxygen atoms in total. The Bertz CT molecular complexity index is 803. The minimum Gasteiger partial charge on any atom is -0.496 e. The van der Waals surface area contributed by atoms with E-state index in [1.54, 1.807) is 13.2 Å². The third-order valence-corrected chi connectivity index (χ3v) is 5.95. The molecule has 138 valence electrons. The van der Waals surface area contributed by atoms with Crippen molar-refractivity contribution in [2.45, 2.75) is 38.2 Å². The molecule has 4 rings (SSSR count). The smallest absolute Gasteiger partial charge is 0.271 e. The molecular weight excluding hydrogens is 330 g/mol. The van der Waals surface area contributed by atoms with Gasteiger partial charge in [-0.1, -0.05) is 18.6 Å². The molecule has 0 radical (unpaired) electrons. The van der Waals surface area contributed by atoms with Gasteiger partial charge in [0.2, 0.25) is 0 Å². The summed E-state index contributed by atoms with van der Waals surface area (Å²) in [4.78, 5) is 14.9. The molecule has 1 aliphatic carbocycles. The monoisotopic (exact) mass is 355 g/mol. The van der Waals surface area contributed by atoms with E-state index in [0.717, 1.165) is 50.0 Å². The molecule has 2 atom stereocenters. The fourth-order valence-corrected chi connectivity index (χ4v) is 4.53. The van der Waals surface area contributed by atoms with Crippen molar-refractivity contribution in [1.29, 1.82) is 0 Å². The van der Waals surface area contributed by atoms with Gasteiger partial charge in [-0.3, -0.25) is 9.89 Å². The molecule has 1 aromatic heterocycles. The summed E-state index contributed by atoms with van der Waals surface area (Å²) in [6.07, 6.45) is 4.57. The number of piperidine rings is 1.